The van der Waals surface area contributed by atoms with Gasteiger partial charge in [0.15, 0.2) is 0 Å². The molecule has 15 nitrogen and oxygen atoms in total. The number of likely N-dealkylation sites (tertiary alicyclic amines) is 3. The first-order valence-corrected chi connectivity index (χ1v) is 31.8. The van der Waals surface area contributed by atoms with E-state index in [0.29, 0.717) is 89.8 Å². The quantitative estimate of drug-likeness (QED) is 0.0751. The van der Waals surface area contributed by atoms with Crippen LogP contribution < -0.4 is 16.0 Å². The number of rotatable bonds is 10. The molecule has 6 amide bonds. The van der Waals surface area contributed by atoms with E-state index >= 15 is 0 Å². The van der Waals surface area contributed by atoms with Crippen LogP contribution in [0.2, 0.25) is 0 Å². The van der Waals surface area contributed by atoms with Crippen molar-refractivity contribution in [1.29, 1.82) is 0 Å². The Morgan fingerprint density at radius 1 is 0.467 bits per heavy atom. The Kier molecular flexibility index (Phi) is 18.4. The van der Waals surface area contributed by atoms with Crippen LogP contribution in [-0.2, 0) is 31.6 Å². The Morgan fingerprint density at radius 2 is 0.783 bits per heavy atom. The van der Waals surface area contributed by atoms with Crippen molar-refractivity contribution < 1.29 is 67.1 Å². The fraction of sp³-hybridized carbons (Fsp3) is 0.585. The SMILES string of the molecule is CCN(CC(F)(F)F)C(=O)NC1CC2c3cccc4[nH]c(C(F)(F)F)c(c34)CC2N(C)C1.CCN(CC(F)(F)F)C(=O)NC1CC2c3cccc4[nH]c(C5CC5)c(c34)CC2N(C)C1.CCN(CC)C(=O)NC1CC2c3cccc4[nH]c(C(F)(F)F)c(c34)CC2N(C)C1. The van der Waals surface area contributed by atoms with Crippen molar-refractivity contribution >= 4 is 50.8 Å². The number of piperidine rings is 3. The zero-order valence-corrected chi connectivity index (χ0v) is 52.4. The van der Waals surface area contributed by atoms with Gasteiger partial charge in [0, 0.05) is 138 Å². The van der Waals surface area contributed by atoms with E-state index in [1.165, 1.54) is 47.5 Å². The summed E-state index contributed by atoms with van der Waals surface area (Å²) < 4.78 is 158. The van der Waals surface area contributed by atoms with Crippen molar-refractivity contribution in [3.8, 4) is 0 Å². The molecular weight excluding hydrogens is 1220 g/mol. The molecule has 7 aliphatic rings. The molecule has 4 aliphatic carbocycles. The summed E-state index contributed by atoms with van der Waals surface area (Å²) in [5.41, 5.74) is 7.30. The van der Waals surface area contributed by atoms with Gasteiger partial charge in [0.2, 0.25) is 0 Å². The second kappa shape index (κ2) is 25.5. The summed E-state index contributed by atoms with van der Waals surface area (Å²) in [6.45, 7) is 7.20. The van der Waals surface area contributed by atoms with Gasteiger partial charge in [0.1, 0.15) is 24.5 Å². The number of hydrogen-bond acceptors (Lipinski definition) is 6. The fourth-order valence-electron chi connectivity index (χ4n) is 16.0. The summed E-state index contributed by atoms with van der Waals surface area (Å²) in [6, 6.07) is 15.0. The number of hydrogen-bond donors (Lipinski definition) is 6. The van der Waals surface area contributed by atoms with Crippen LogP contribution in [0.3, 0.4) is 0 Å². The number of likely N-dealkylation sites (N-methyl/N-ethyl adjacent to an activating group) is 3. The van der Waals surface area contributed by atoms with Crippen molar-refractivity contribution in [2.45, 2.75) is 164 Å². The Bertz CT molecular complexity index is 3680. The second-order valence-electron chi connectivity index (χ2n) is 26.1. The number of amides is 6. The fourth-order valence-corrected chi connectivity index (χ4v) is 16.0. The van der Waals surface area contributed by atoms with Gasteiger partial charge >= 0.3 is 42.8 Å². The molecule has 3 aromatic carbocycles. The number of carbonyl (C=O) groups excluding carboxylic acids is 3. The number of nitrogens with one attached hydrogen (secondary N) is 6. The van der Waals surface area contributed by atoms with Gasteiger partial charge in [-0.25, -0.2) is 14.4 Å². The zero-order valence-electron chi connectivity index (χ0n) is 52.4. The predicted octanol–water partition coefficient (Wildman–Crippen LogP) is 12.8. The highest BCUT2D eigenvalue weighted by Crippen LogP contribution is 2.52. The van der Waals surface area contributed by atoms with E-state index in [9.17, 15) is 67.1 Å². The standard InChI is InChI=1S/C23H29F3N4O.C21H24F6N4O.C21H27F3N4O/c1-3-30(12-23(24,25)26)22(31)27-14-9-16-15-5-4-6-18-20(15)17(10-19(16)29(2)11-14)21(28-18)13-7-8-13;1-3-31(10-20(22,23)24)19(32)28-11-7-13-12-5-4-6-15-17(12)14(8-16(13)30(2)9-11)18(29-15)21(25,26)27;1-4-28(5-2)20(29)25-12-9-14-13-7-6-8-16-18(13)15(10-17(14)27(3)11-12)19(26-16)21(22,23)24/h4-6,13-14,16,19,28H,3,7-12H2,1-2H3,(H,27,31);4-6,11,13,16,29H,3,7-10H2,1-2H3,(H,28,32);6-8,12,14,17,26H,4-5,9-11H2,1-3H3,(H,25,29). The van der Waals surface area contributed by atoms with Gasteiger partial charge in [-0.3, -0.25) is 0 Å². The van der Waals surface area contributed by atoms with Crippen LogP contribution in [0.5, 0.6) is 0 Å². The van der Waals surface area contributed by atoms with Crippen LogP contribution in [0.15, 0.2) is 54.6 Å². The molecule has 9 atom stereocenters. The highest BCUT2D eigenvalue weighted by Gasteiger charge is 2.48. The minimum absolute atomic E-state index is 0.00777. The predicted molar refractivity (Wildman–Crippen MR) is 326 cm³/mol. The van der Waals surface area contributed by atoms with Crippen molar-refractivity contribution in [1.82, 2.24) is 60.3 Å². The molecule has 0 bridgehead atoms. The molecule has 6 N–H and O–H groups in total. The molecule has 4 fully saturated rings. The van der Waals surface area contributed by atoms with Crippen LogP contribution >= 0.6 is 0 Å². The van der Waals surface area contributed by atoms with Crippen molar-refractivity contribution in [3.05, 3.63) is 105 Å². The number of nitrogens with zero attached hydrogens (tertiary/aromatic N) is 6. The summed E-state index contributed by atoms with van der Waals surface area (Å²) in [5.74, 6) is 0.843. The number of halogens is 12. The highest BCUT2D eigenvalue weighted by atomic mass is 19.4. The number of carbonyl (C=O) groups is 3. The lowest BCUT2D eigenvalue weighted by Crippen LogP contribution is -2.57. The summed E-state index contributed by atoms with van der Waals surface area (Å²) in [4.78, 5) is 55.9. The normalized spacial score (nSPS) is 24.8. The number of alkyl halides is 12. The van der Waals surface area contributed by atoms with Gasteiger partial charge < -0.3 is 60.3 Å². The highest BCUT2D eigenvalue weighted by molar-refractivity contribution is 5.92. The minimum Gasteiger partial charge on any atom is -0.358 e. The van der Waals surface area contributed by atoms with E-state index in [0.717, 1.165) is 35.3 Å². The van der Waals surface area contributed by atoms with Gasteiger partial charge in [0.05, 0.1) is 0 Å². The average molecular weight is 1310 g/mol. The zero-order chi connectivity index (χ0) is 66.3. The second-order valence-corrected chi connectivity index (χ2v) is 26.1. The Morgan fingerprint density at radius 3 is 1.10 bits per heavy atom. The van der Waals surface area contributed by atoms with E-state index in [-0.39, 0.29) is 73.0 Å². The molecule has 3 aromatic heterocycles. The van der Waals surface area contributed by atoms with Crippen LogP contribution in [0.4, 0.5) is 67.1 Å². The molecule has 0 radical (unpaired) electrons. The topological polar surface area (TPSA) is 154 Å². The van der Waals surface area contributed by atoms with E-state index < -0.39 is 67.3 Å². The first kappa shape index (κ1) is 66.6. The molecule has 502 valence electrons. The third-order valence-electron chi connectivity index (χ3n) is 20.2. The summed E-state index contributed by atoms with van der Waals surface area (Å²) in [6.07, 6.45) is -11.8. The number of urea groups is 3. The third-order valence-corrected chi connectivity index (χ3v) is 20.2. The average Bonchev–Trinajstić information content (AvgIpc) is 1.53. The number of benzene rings is 3. The minimum atomic E-state index is -4.50. The number of fused-ring (bicyclic) bond motifs is 6. The van der Waals surface area contributed by atoms with Crippen molar-refractivity contribution in [3.63, 3.8) is 0 Å². The number of aromatic nitrogens is 3. The molecule has 27 heteroatoms. The maximum atomic E-state index is 13.6. The molecule has 6 aromatic rings. The molecule has 3 saturated heterocycles. The molecule has 3 aliphatic heterocycles. The molecule has 0 spiro atoms. The summed E-state index contributed by atoms with van der Waals surface area (Å²) in [5, 5.41) is 11.3. The van der Waals surface area contributed by atoms with Crippen LogP contribution in [0.25, 0.3) is 32.7 Å². The van der Waals surface area contributed by atoms with E-state index in [1.54, 1.807) is 43.1 Å². The lowest BCUT2D eigenvalue weighted by molar-refractivity contribution is -0.142. The number of H-pyrrole nitrogens is 3. The van der Waals surface area contributed by atoms with Crippen LogP contribution in [-0.4, -0.2) is 191 Å². The first-order chi connectivity index (χ1) is 43.4. The summed E-state index contributed by atoms with van der Waals surface area (Å²) in [7, 11) is 5.78. The van der Waals surface area contributed by atoms with E-state index in [1.807, 2.05) is 37.9 Å². The van der Waals surface area contributed by atoms with E-state index in [4.69, 9.17) is 0 Å². The van der Waals surface area contributed by atoms with Gasteiger partial charge in [-0.2, -0.15) is 52.7 Å². The maximum Gasteiger partial charge on any atom is 0.431 e. The lowest BCUT2D eigenvalue weighted by Gasteiger charge is -2.46. The van der Waals surface area contributed by atoms with Gasteiger partial charge in [-0.1, -0.05) is 36.4 Å². The monoisotopic (exact) mass is 1300 g/mol. The van der Waals surface area contributed by atoms with E-state index in [2.05, 4.69) is 65.9 Å². The molecule has 92 heavy (non-hydrogen) atoms. The van der Waals surface area contributed by atoms with Gasteiger partial charge in [-0.05, 0) is 158 Å². The Hall–Kier alpha value is -6.87. The summed E-state index contributed by atoms with van der Waals surface area (Å²) >= 11 is 0. The van der Waals surface area contributed by atoms with Gasteiger partial charge in [0.25, 0.3) is 0 Å². The first-order valence-electron chi connectivity index (χ1n) is 31.8. The molecule has 1 saturated carbocycles. The Balaban J connectivity index is 0.000000142. The maximum absolute atomic E-state index is 13.6. The van der Waals surface area contributed by atoms with Crippen LogP contribution in [0.1, 0.15) is 134 Å². The van der Waals surface area contributed by atoms with Gasteiger partial charge in [-0.15, -0.1) is 0 Å². The molecular formula is C65H80F12N12O3. The van der Waals surface area contributed by atoms with Crippen LogP contribution in [0, 0.1) is 0 Å². The van der Waals surface area contributed by atoms with Crippen molar-refractivity contribution in [2.24, 2.45) is 0 Å². The third kappa shape index (κ3) is 13.5. The molecule has 13 rings (SSSR count). The Labute approximate surface area is 525 Å². The lowest BCUT2D eigenvalue weighted by atomic mass is 9.73. The molecule has 6 heterocycles. The van der Waals surface area contributed by atoms with Crippen molar-refractivity contribution in [2.75, 3.05) is 80.0 Å². The molecule has 9 unspecified atom stereocenters. The smallest absolute Gasteiger partial charge is 0.358 e. The number of aromatic amines is 3. The largest absolute Gasteiger partial charge is 0.431 e.